The van der Waals surface area contributed by atoms with Gasteiger partial charge >= 0.3 is 0 Å². The third kappa shape index (κ3) is 3.56. The third-order valence-corrected chi connectivity index (χ3v) is 9.62. The number of hydrogen-bond donors (Lipinski definition) is 0. The van der Waals surface area contributed by atoms with Gasteiger partial charge in [0.25, 0.3) is 0 Å². The molecule has 0 N–H and O–H groups in total. The second-order valence-corrected chi connectivity index (χ2v) is 12.0. The minimum atomic E-state index is 0.912. The summed E-state index contributed by atoms with van der Waals surface area (Å²) in [5.41, 5.74) is 9.19. The van der Waals surface area contributed by atoms with Gasteiger partial charge in [0.05, 0.1) is 0 Å². The number of hydrogen-bond acceptors (Lipinski definition) is 1. The molecule has 1 aromatic heterocycles. The van der Waals surface area contributed by atoms with Crippen LogP contribution in [0.25, 0.3) is 98.4 Å². The zero-order valence-electron chi connectivity index (χ0n) is 24.4. The Kier molecular flexibility index (Phi) is 5.06. The fraction of sp³-hybridized carbons (Fsp3) is 0. The van der Waals surface area contributed by atoms with E-state index in [1.165, 1.54) is 81.9 Å². The number of rotatable bonds is 3. The van der Waals surface area contributed by atoms with Crippen LogP contribution in [0.2, 0.25) is 0 Å². The van der Waals surface area contributed by atoms with Crippen molar-refractivity contribution in [2.75, 3.05) is 0 Å². The summed E-state index contributed by atoms with van der Waals surface area (Å²) in [5.74, 6) is 0. The second kappa shape index (κ2) is 9.29. The van der Waals surface area contributed by atoms with Crippen LogP contribution in [0.15, 0.2) is 162 Å². The summed E-state index contributed by atoms with van der Waals surface area (Å²) in [5, 5.41) is 12.5. The van der Waals surface area contributed by atoms with Crippen LogP contribution in [-0.2, 0) is 0 Å². The van der Waals surface area contributed by atoms with Gasteiger partial charge in [-0.05, 0) is 89.1 Å². The minimum absolute atomic E-state index is 0.912. The molecule has 45 heavy (non-hydrogen) atoms. The first-order chi connectivity index (χ1) is 22.3. The second-order valence-electron chi connectivity index (χ2n) is 12.0. The molecule has 1 nitrogen and oxygen atoms in total. The van der Waals surface area contributed by atoms with Crippen molar-refractivity contribution in [1.29, 1.82) is 0 Å². The lowest BCUT2D eigenvalue weighted by atomic mass is 9.84. The molecule has 0 fully saturated rings. The summed E-state index contributed by atoms with van der Waals surface area (Å²) in [4.78, 5) is 0. The highest BCUT2D eigenvalue weighted by atomic mass is 16.3. The lowest BCUT2D eigenvalue weighted by Crippen LogP contribution is -1.92. The van der Waals surface area contributed by atoms with Gasteiger partial charge in [-0.2, -0.15) is 0 Å². The predicted octanol–water partition coefficient (Wildman–Crippen LogP) is 12.6. The summed E-state index contributed by atoms with van der Waals surface area (Å²) in [6, 6.07) is 57.4. The molecule has 0 aliphatic carbocycles. The summed E-state index contributed by atoms with van der Waals surface area (Å²) < 4.78 is 6.43. The van der Waals surface area contributed by atoms with Gasteiger partial charge in [0.2, 0.25) is 0 Å². The summed E-state index contributed by atoms with van der Waals surface area (Å²) in [6.45, 7) is 0. The highest BCUT2D eigenvalue weighted by Crippen LogP contribution is 2.48. The molecule has 0 saturated carbocycles. The molecular weight excluding hydrogens is 544 g/mol. The number of furan rings is 1. The van der Waals surface area contributed by atoms with E-state index in [4.69, 9.17) is 4.42 Å². The van der Waals surface area contributed by atoms with Crippen molar-refractivity contribution in [3.63, 3.8) is 0 Å². The Morgan fingerprint density at radius 1 is 0.311 bits per heavy atom. The molecule has 1 heteroatoms. The Balaban J connectivity index is 1.32. The van der Waals surface area contributed by atoms with Crippen molar-refractivity contribution in [2.45, 2.75) is 0 Å². The number of para-hydroxylation sites is 1. The molecule has 0 bridgehead atoms. The van der Waals surface area contributed by atoms with Gasteiger partial charge in [0.1, 0.15) is 11.2 Å². The smallest absolute Gasteiger partial charge is 0.136 e. The first-order valence-electron chi connectivity index (χ1n) is 15.5. The highest BCUT2D eigenvalue weighted by Gasteiger charge is 2.21. The molecule has 0 aliphatic rings. The van der Waals surface area contributed by atoms with Crippen LogP contribution in [-0.4, -0.2) is 0 Å². The van der Waals surface area contributed by atoms with Gasteiger partial charge in [-0.1, -0.05) is 140 Å². The maximum absolute atomic E-state index is 6.43. The topological polar surface area (TPSA) is 13.1 Å². The van der Waals surface area contributed by atoms with E-state index in [0.29, 0.717) is 0 Å². The van der Waals surface area contributed by atoms with E-state index in [0.717, 1.165) is 16.6 Å². The zero-order chi connectivity index (χ0) is 29.5. The summed E-state index contributed by atoms with van der Waals surface area (Å²) in [6.07, 6.45) is 0. The van der Waals surface area contributed by atoms with Crippen LogP contribution in [0.1, 0.15) is 0 Å². The van der Waals surface area contributed by atoms with E-state index in [2.05, 4.69) is 152 Å². The number of benzene rings is 9. The van der Waals surface area contributed by atoms with E-state index in [1.807, 2.05) is 6.07 Å². The van der Waals surface area contributed by atoms with E-state index >= 15 is 0 Å². The van der Waals surface area contributed by atoms with Crippen molar-refractivity contribution >= 4 is 65.0 Å². The van der Waals surface area contributed by atoms with Gasteiger partial charge < -0.3 is 4.42 Å². The molecule has 10 aromatic rings. The van der Waals surface area contributed by atoms with Crippen LogP contribution >= 0.6 is 0 Å². The highest BCUT2D eigenvalue weighted by molar-refractivity contribution is 6.29. The molecule has 208 valence electrons. The van der Waals surface area contributed by atoms with Gasteiger partial charge in [-0.15, -0.1) is 0 Å². The van der Waals surface area contributed by atoms with E-state index in [1.54, 1.807) is 0 Å². The molecule has 0 aliphatic heterocycles. The molecule has 0 saturated heterocycles. The predicted molar refractivity (Wildman–Crippen MR) is 191 cm³/mol. The standard InChI is InChI=1S/C44H26O/c1-2-9-28(10-3-1)34-24-25-40-44(38-12-6-7-13-39(38)45-40)43(34)37-23-19-30-17-21-35-33(20-16-29-18-22-36(37)42(30)41(29)35)32-15-14-27-8-4-5-11-31(27)26-32/h1-26H. The summed E-state index contributed by atoms with van der Waals surface area (Å²) in [7, 11) is 0. The van der Waals surface area contributed by atoms with Crippen molar-refractivity contribution < 1.29 is 4.42 Å². The van der Waals surface area contributed by atoms with E-state index in [9.17, 15) is 0 Å². The molecular formula is C44H26O. The number of fused-ring (bicyclic) bond motifs is 4. The summed E-state index contributed by atoms with van der Waals surface area (Å²) >= 11 is 0. The van der Waals surface area contributed by atoms with E-state index < -0.39 is 0 Å². The molecule has 0 radical (unpaired) electrons. The van der Waals surface area contributed by atoms with Crippen LogP contribution in [0, 0.1) is 0 Å². The Morgan fingerprint density at radius 2 is 0.933 bits per heavy atom. The molecule has 10 rings (SSSR count). The maximum atomic E-state index is 6.43. The van der Waals surface area contributed by atoms with Gasteiger partial charge in [0.15, 0.2) is 0 Å². The average molecular weight is 571 g/mol. The molecule has 0 atom stereocenters. The van der Waals surface area contributed by atoms with Gasteiger partial charge in [0, 0.05) is 16.3 Å². The van der Waals surface area contributed by atoms with E-state index in [-0.39, 0.29) is 0 Å². The molecule has 1 heterocycles. The fourth-order valence-electron chi connectivity index (χ4n) is 7.58. The van der Waals surface area contributed by atoms with Gasteiger partial charge in [-0.3, -0.25) is 0 Å². The monoisotopic (exact) mass is 570 g/mol. The maximum Gasteiger partial charge on any atom is 0.136 e. The molecule has 0 amide bonds. The normalized spacial score (nSPS) is 12.0. The average Bonchev–Trinajstić information content (AvgIpc) is 3.49. The lowest BCUT2D eigenvalue weighted by Gasteiger charge is -2.19. The zero-order valence-corrected chi connectivity index (χ0v) is 24.4. The Morgan fingerprint density at radius 3 is 1.76 bits per heavy atom. The van der Waals surface area contributed by atoms with Crippen LogP contribution in [0.4, 0.5) is 0 Å². The SMILES string of the molecule is c1ccc(-c2ccc3oc4ccccc4c3c2-c2ccc3ccc4c(-c5ccc6ccccc6c5)ccc5ccc2c3c54)cc1. The fourth-order valence-corrected chi connectivity index (χ4v) is 7.58. The van der Waals surface area contributed by atoms with Crippen LogP contribution in [0.3, 0.4) is 0 Å². The Hall–Kier alpha value is -5.92. The minimum Gasteiger partial charge on any atom is -0.456 e. The van der Waals surface area contributed by atoms with Crippen molar-refractivity contribution in [1.82, 2.24) is 0 Å². The Labute approximate surface area is 259 Å². The molecule has 0 unspecified atom stereocenters. The molecule has 9 aromatic carbocycles. The van der Waals surface area contributed by atoms with Crippen molar-refractivity contribution in [3.8, 4) is 33.4 Å². The third-order valence-electron chi connectivity index (χ3n) is 9.62. The molecule has 0 spiro atoms. The lowest BCUT2D eigenvalue weighted by molar-refractivity contribution is 0.669. The Bertz CT molecular complexity index is 2750. The first kappa shape index (κ1) is 24.5. The van der Waals surface area contributed by atoms with Gasteiger partial charge in [-0.25, -0.2) is 0 Å². The van der Waals surface area contributed by atoms with Crippen LogP contribution < -0.4 is 0 Å². The first-order valence-corrected chi connectivity index (χ1v) is 15.5. The van der Waals surface area contributed by atoms with Crippen molar-refractivity contribution in [3.05, 3.63) is 158 Å². The van der Waals surface area contributed by atoms with Crippen LogP contribution in [0.5, 0.6) is 0 Å². The largest absolute Gasteiger partial charge is 0.456 e. The quantitative estimate of drug-likeness (QED) is 0.193. The van der Waals surface area contributed by atoms with Crippen molar-refractivity contribution in [2.24, 2.45) is 0 Å².